The number of rotatable bonds is 9. The molecule has 2 rings (SSSR count). The zero-order valence-corrected chi connectivity index (χ0v) is 13.4. The average molecular weight is 284 g/mol. The molecule has 0 N–H and O–H groups in total. The fourth-order valence-corrected chi connectivity index (χ4v) is 3.23. The van der Waals surface area contributed by atoms with Crippen LogP contribution in [0.25, 0.3) is 0 Å². The predicted molar refractivity (Wildman–Crippen MR) is 89.3 cm³/mol. The summed E-state index contributed by atoms with van der Waals surface area (Å²) in [7, 11) is 0. The highest BCUT2D eigenvalue weighted by molar-refractivity contribution is 5.15. The molecule has 1 aromatic carbocycles. The van der Waals surface area contributed by atoms with Crippen LogP contribution >= 0.6 is 0 Å². The van der Waals surface area contributed by atoms with Crippen molar-refractivity contribution in [3.8, 4) is 0 Å². The first-order chi connectivity index (χ1) is 10.3. The van der Waals surface area contributed by atoms with Crippen LogP contribution in [0.2, 0.25) is 0 Å². The van der Waals surface area contributed by atoms with Crippen molar-refractivity contribution in [2.75, 3.05) is 0 Å². The number of benzene rings is 1. The molecule has 21 heavy (non-hydrogen) atoms. The quantitative estimate of drug-likeness (QED) is 0.613. The predicted octanol–water partition coefficient (Wildman–Crippen LogP) is 5.27. The number of hydrogen-bond acceptors (Lipinski definition) is 1. The molecule has 2 atom stereocenters. The molecule has 0 fully saturated rings. The van der Waals surface area contributed by atoms with E-state index in [2.05, 4.69) is 59.9 Å². The molecule has 0 bridgehead atoms. The number of imidazole rings is 1. The van der Waals surface area contributed by atoms with Crippen LogP contribution in [-0.4, -0.2) is 9.55 Å². The Bertz CT molecular complexity index is 476. The van der Waals surface area contributed by atoms with Gasteiger partial charge in [-0.3, -0.25) is 0 Å². The van der Waals surface area contributed by atoms with Gasteiger partial charge in [-0.1, -0.05) is 63.4 Å². The fourth-order valence-electron chi connectivity index (χ4n) is 3.23. The van der Waals surface area contributed by atoms with Gasteiger partial charge in [0.2, 0.25) is 0 Å². The van der Waals surface area contributed by atoms with Gasteiger partial charge in [-0.05, 0) is 30.7 Å². The Kier molecular flexibility index (Phi) is 6.52. The van der Waals surface area contributed by atoms with E-state index in [4.69, 9.17) is 0 Å². The van der Waals surface area contributed by atoms with Crippen molar-refractivity contribution in [2.24, 2.45) is 5.92 Å². The van der Waals surface area contributed by atoms with E-state index in [9.17, 15) is 0 Å². The largest absolute Gasteiger partial charge is 0.334 e. The summed E-state index contributed by atoms with van der Waals surface area (Å²) in [5, 5.41) is 0. The van der Waals surface area contributed by atoms with E-state index in [-0.39, 0.29) is 0 Å². The van der Waals surface area contributed by atoms with Crippen LogP contribution in [0.3, 0.4) is 0 Å². The van der Waals surface area contributed by atoms with Gasteiger partial charge in [-0.15, -0.1) is 0 Å². The second-order valence-electron chi connectivity index (χ2n) is 5.96. The average Bonchev–Trinajstić information content (AvgIpc) is 3.03. The van der Waals surface area contributed by atoms with Crippen LogP contribution in [0.1, 0.15) is 57.6 Å². The lowest BCUT2D eigenvalue weighted by atomic mass is 9.85. The minimum Gasteiger partial charge on any atom is -0.334 e. The van der Waals surface area contributed by atoms with Crippen molar-refractivity contribution in [1.29, 1.82) is 0 Å². The molecule has 0 spiro atoms. The molecule has 2 unspecified atom stereocenters. The molecule has 2 heteroatoms. The van der Waals surface area contributed by atoms with Crippen LogP contribution in [0.15, 0.2) is 49.1 Å². The highest BCUT2D eigenvalue weighted by Crippen LogP contribution is 2.30. The third kappa shape index (κ3) is 4.73. The SMILES string of the molecule is CCCCC(C(CCC)Cc1ccccc1)n1ccnc1. The maximum atomic E-state index is 4.26. The second-order valence-corrected chi connectivity index (χ2v) is 5.96. The van der Waals surface area contributed by atoms with E-state index >= 15 is 0 Å². The van der Waals surface area contributed by atoms with E-state index < -0.39 is 0 Å². The number of aromatic nitrogens is 2. The first kappa shape index (κ1) is 15.8. The van der Waals surface area contributed by atoms with Crippen LogP contribution in [-0.2, 0) is 6.42 Å². The Morgan fingerprint density at radius 3 is 2.48 bits per heavy atom. The zero-order chi connectivity index (χ0) is 14.9. The lowest BCUT2D eigenvalue weighted by Crippen LogP contribution is -2.21. The van der Waals surface area contributed by atoms with Crippen molar-refractivity contribution >= 4 is 0 Å². The Morgan fingerprint density at radius 2 is 1.86 bits per heavy atom. The summed E-state index contributed by atoms with van der Waals surface area (Å²) in [4.78, 5) is 4.26. The van der Waals surface area contributed by atoms with Gasteiger partial charge in [0.1, 0.15) is 0 Å². The maximum absolute atomic E-state index is 4.26. The Morgan fingerprint density at radius 1 is 1.05 bits per heavy atom. The normalized spacial score (nSPS) is 14.0. The first-order valence-electron chi connectivity index (χ1n) is 8.36. The summed E-state index contributed by atoms with van der Waals surface area (Å²) in [6, 6.07) is 11.5. The zero-order valence-electron chi connectivity index (χ0n) is 13.4. The maximum Gasteiger partial charge on any atom is 0.0948 e. The van der Waals surface area contributed by atoms with E-state index in [0.717, 1.165) is 0 Å². The molecule has 1 aromatic heterocycles. The highest BCUT2D eigenvalue weighted by Gasteiger charge is 2.22. The van der Waals surface area contributed by atoms with Gasteiger partial charge in [0.05, 0.1) is 6.33 Å². The fraction of sp³-hybridized carbons (Fsp3) is 0.526. The summed E-state index contributed by atoms with van der Waals surface area (Å²) < 4.78 is 2.33. The third-order valence-electron chi connectivity index (χ3n) is 4.31. The summed E-state index contributed by atoms with van der Waals surface area (Å²) in [5.74, 6) is 0.693. The van der Waals surface area contributed by atoms with Gasteiger partial charge in [0.25, 0.3) is 0 Å². The molecule has 0 saturated carbocycles. The highest BCUT2D eigenvalue weighted by atomic mass is 15.1. The summed E-state index contributed by atoms with van der Waals surface area (Å²) >= 11 is 0. The smallest absolute Gasteiger partial charge is 0.0948 e. The van der Waals surface area contributed by atoms with Gasteiger partial charge in [-0.25, -0.2) is 4.98 Å². The van der Waals surface area contributed by atoms with E-state index in [1.807, 2.05) is 12.5 Å². The van der Waals surface area contributed by atoms with Crippen LogP contribution in [0, 0.1) is 5.92 Å². The number of unbranched alkanes of at least 4 members (excludes halogenated alkanes) is 1. The summed E-state index contributed by atoms with van der Waals surface area (Å²) in [6.45, 7) is 4.57. The Labute approximate surface area is 129 Å². The summed E-state index contributed by atoms with van der Waals surface area (Å²) in [6.07, 6.45) is 13.5. The molecule has 1 heterocycles. The molecule has 0 amide bonds. The van der Waals surface area contributed by atoms with Gasteiger partial charge in [-0.2, -0.15) is 0 Å². The van der Waals surface area contributed by atoms with Gasteiger partial charge in [0.15, 0.2) is 0 Å². The molecule has 0 aliphatic carbocycles. The van der Waals surface area contributed by atoms with E-state index in [1.165, 1.54) is 44.1 Å². The molecule has 0 radical (unpaired) electrons. The van der Waals surface area contributed by atoms with Crippen molar-refractivity contribution in [1.82, 2.24) is 9.55 Å². The first-order valence-corrected chi connectivity index (χ1v) is 8.36. The molecule has 0 saturated heterocycles. The minimum absolute atomic E-state index is 0.576. The second kappa shape index (κ2) is 8.66. The topological polar surface area (TPSA) is 17.8 Å². The van der Waals surface area contributed by atoms with E-state index in [1.54, 1.807) is 0 Å². The molecular formula is C19H28N2. The Balaban J connectivity index is 2.15. The van der Waals surface area contributed by atoms with Crippen molar-refractivity contribution in [3.05, 3.63) is 54.6 Å². The van der Waals surface area contributed by atoms with Crippen LogP contribution in [0.4, 0.5) is 0 Å². The standard InChI is InChI=1S/C19H28N2/c1-3-5-12-19(21-14-13-20-16-21)18(9-4-2)15-17-10-7-6-8-11-17/h6-8,10-11,13-14,16,18-19H,3-5,9,12,15H2,1-2H3. The molecule has 2 aromatic rings. The van der Waals surface area contributed by atoms with Gasteiger partial charge < -0.3 is 4.57 Å². The lowest BCUT2D eigenvalue weighted by molar-refractivity contribution is 0.283. The molecule has 0 aliphatic heterocycles. The molecule has 114 valence electrons. The van der Waals surface area contributed by atoms with Gasteiger partial charge >= 0.3 is 0 Å². The molecule has 2 nitrogen and oxygen atoms in total. The van der Waals surface area contributed by atoms with Crippen LogP contribution in [0.5, 0.6) is 0 Å². The van der Waals surface area contributed by atoms with Crippen molar-refractivity contribution < 1.29 is 0 Å². The molecule has 0 aliphatic rings. The van der Waals surface area contributed by atoms with Crippen LogP contribution < -0.4 is 0 Å². The molecular weight excluding hydrogens is 256 g/mol. The summed E-state index contributed by atoms with van der Waals surface area (Å²) in [5.41, 5.74) is 1.46. The van der Waals surface area contributed by atoms with Crippen molar-refractivity contribution in [2.45, 2.75) is 58.4 Å². The monoisotopic (exact) mass is 284 g/mol. The Hall–Kier alpha value is -1.57. The lowest BCUT2D eigenvalue weighted by Gasteiger charge is -2.28. The van der Waals surface area contributed by atoms with Crippen molar-refractivity contribution in [3.63, 3.8) is 0 Å². The van der Waals surface area contributed by atoms with Gasteiger partial charge in [0, 0.05) is 18.4 Å². The minimum atomic E-state index is 0.576. The third-order valence-corrected chi connectivity index (χ3v) is 4.31. The number of hydrogen-bond donors (Lipinski definition) is 0. The van der Waals surface area contributed by atoms with E-state index in [0.29, 0.717) is 12.0 Å². The number of nitrogens with zero attached hydrogens (tertiary/aromatic N) is 2.